The number of ether oxygens (including phenoxy) is 1. The molecule has 0 radical (unpaired) electrons. The lowest BCUT2D eigenvalue weighted by Gasteiger charge is -2.33. The van der Waals surface area contributed by atoms with E-state index in [1.165, 1.54) is 23.2 Å². The lowest BCUT2D eigenvalue weighted by molar-refractivity contribution is -0.127. The number of hydrogen-bond donors (Lipinski definition) is 2. The van der Waals surface area contributed by atoms with Crippen LogP contribution in [0.15, 0.2) is 17.0 Å². The molecular weight excluding hydrogens is 430 g/mol. The van der Waals surface area contributed by atoms with E-state index in [0.717, 1.165) is 25.7 Å². The minimum absolute atomic E-state index is 0.0289. The van der Waals surface area contributed by atoms with E-state index in [9.17, 15) is 18.0 Å². The monoisotopic (exact) mass is 463 g/mol. The van der Waals surface area contributed by atoms with Crippen molar-refractivity contribution in [2.45, 2.75) is 82.3 Å². The molecule has 2 heterocycles. The van der Waals surface area contributed by atoms with Crippen molar-refractivity contribution >= 4 is 27.5 Å². The smallest absolute Gasteiger partial charge is 0.265 e. The van der Waals surface area contributed by atoms with Crippen molar-refractivity contribution in [3.63, 3.8) is 0 Å². The molecule has 1 aliphatic carbocycles. The quantitative estimate of drug-likeness (QED) is 0.668. The number of amides is 2. The number of carbonyl (C=O) groups excluding carboxylic acids is 2. The fraction of sp³-hybridized carbons (Fsp3) is 0.652. The van der Waals surface area contributed by atoms with Gasteiger partial charge in [-0.25, -0.2) is 8.42 Å². The Hall–Kier alpha value is -2.13. The van der Waals surface area contributed by atoms with E-state index in [1.807, 2.05) is 0 Å². The molecular formula is C23H33N3O5S. The molecule has 1 aromatic rings. The van der Waals surface area contributed by atoms with Gasteiger partial charge in [0.15, 0.2) is 6.10 Å². The van der Waals surface area contributed by atoms with Crippen LogP contribution >= 0.6 is 0 Å². The summed E-state index contributed by atoms with van der Waals surface area (Å²) in [6.07, 6.45) is 7.36. The lowest BCUT2D eigenvalue weighted by Crippen LogP contribution is -2.47. The summed E-state index contributed by atoms with van der Waals surface area (Å²) in [5.41, 5.74) is 1.01. The summed E-state index contributed by atoms with van der Waals surface area (Å²) in [5.74, 6) is -0.277. The Bertz CT molecular complexity index is 986. The summed E-state index contributed by atoms with van der Waals surface area (Å²) in [7, 11) is -3.80. The van der Waals surface area contributed by atoms with E-state index in [0.29, 0.717) is 36.4 Å². The van der Waals surface area contributed by atoms with Gasteiger partial charge >= 0.3 is 0 Å². The molecule has 0 aromatic heterocycles. The van der Waals surface area contributed by atoms with Gasteiger partial charge in [-0.2, -0.15) is 4.31 Å². The summed E-state index contributed by atoms with van der Waals surface area (Å²) in [6.45, 7) is 3.90. The van der Waals surface area contributed by atoms with Gasteiger partial charge in [0.05, 0.1) is 16.5 Å². The van der Waals surface area contributed by atoms with Gasteiger partial charge in [0, 0.05) is 25.2 Å². The molecule has 1 aromatic carbocycles. The zero-order valence-electron chi connectivity index (χ0n) is 18.9. The molecule has 32 heavy (non-hydrogen) atoms. The van der Waals surface area contributed by atoms with Gasteiger partial charge in [-0.1, -0.05) is 25.7 Å². The zero-order valence-corrected chi connectivity index (χ0v) is 19.7. The minimum Gasteiger partial charge on any atom is -0.479 e. The Labute approximate surface area is 190 Å². The third-order valence-electron chi connectivity index (χ3n) is 6.78. The number of sulfonamides is 1. The van der Waals surface area contributed by atoms with Crippen molar-refractivity contribution in [3.05, 3.63) is 17.7 Å². The molecule has 2 amide bonds. The SMILES string of the molecule is Cc1cc2c(cc1S(=O)(=O)N1CCC[C@H](C(=O)NC3CCCCCC3)C1)O[C@@H](C)C(=O)N2. The average Bonchev–Trinajstić information content (AvgIpc) is 3.03. The molecule has 8 nitrogen and oxygen atoms in total. The first-order chi connectivity index (χ1) is 15.3. The number of anilines is 1. The van der Waals surface area contributed by atoms with Crippen LogP contribution in [-0.2, 0) is 19.6 Å². The third-order valence-corrected chi connectivity index (χ3v) is 8.79. The molecule has 0 spiro atoms. The average molecular weight is 464 g/mol. The summed E-state index contributed by atoms with van der Waals surface area (Å²) in [5, 5.41) is 5.93. The molecule has 176 valence electrons. The van der Waals surface area contributed by atoms with Gasteiger partial charge in [-0.15, -0.1) is 0 Å². The summed E-state index contributed by atoms with van der Waals surface area (Å²) in [4.78, 5) is 24.9. The highest BCUT2D eigenvalue weighted by Crippen LogP contribution is 2.36. The van der Waals surface area contributed by atoms with Crippen LogP contribution in [0.2, 0.25) is 0 Å². The van der Waals surface area contributed by atoms with Crippen LogP contribution < -0.4 is 15.4 Å². The molecule has 2 atom stereocenters. The second kappa shape index (κ2) is 9.39. The number of carbonyl (C=O) groups is 2. The number of rotatable bonds is 4. The first-order valence-corrected chi connectivity index (χ1v) is 13.1. The summed E-state index contributed by atoms with van der Waals surface area (Å²) in [6, 6.07) is 3.33. The van der Waals surface area contributed by atoms with Gasteiger partial charge in [0.1, 0.15) is 5.75 Å². The maximum absolute atomic E-state index is 13.5. The molecule has 3 aliphatic rings. The number of fused-ring (bicyclic) bond motifs is 1. The Kier molecular flexibility index (Phi) is 6.76. The van der Waals surface area contributed by atoms with E-state index in [4.69, 9.17) is 4.74 Å². The molecule has 2 N–H and O–H groups in total. The van der Waals surface area contributed by atoms with Crippen LogP contribution in [0.5, 0.6) is 5.75 Å². The Balaban J connectivity index is 1.49. The van der Waals surface area contributed by atoms with Gasteiger partial charge in [-0.3, -0.25) is 9.59 Å². The number of aryl methyl sites for hydroxylation is 1. The molecule has 9 heteroatoms. The van der Waals surface area contributed by atoms with E-state index in [-0.39, 0.29) is 35.2 Å². The third kappa shape index (κ3) is 4.78. The number of benzene rings is 1. The predicted molar refractivity (Wildman–Crippen MR) is 121 cm³/mol. The molecule has 0 bridgehead atoms. The van der Waals surface area contributed by atoms with E-state index >= 15 is 0 Å². The number of nitrogens with zero attached hydrogens (tertiary/aromatic N) is 1. The van der Waals surface area contributed by atoms with Crippen molar-refractivity contribution in [2.75, 3.05) is 18.4 Å². The van der Waals surface area contributed by atoms with Crippen molar-refractivity contribution in [2.24, 2.45) is 5.92 Å². The standard InChI is InChI=1S/C23H33N3O5S/c1-15-12-19-20(31-16(2)22(27)25-19)13-21(15)32(29,30)26-11-7-8-17(14-26)23(28)24-18-9-5-3-4-6-10-18/h12-13,16-18H,3-11,14H2,1-2H3,(H,24,28)(H,25,27)/t16-,17-/m0/s1. The van der Waals surface area contributed by atoms with Gasteiger partial charge in [-0.05, 0) is 51.2 Å². The van der Waals surface area contributed by atoms with Gasteiger partial charge in [0.2, 0.25) is 15.9 Å². The highest BCUT2D eigenvalue weighted by molar-refractivity contribution is 7.89. The molecule has 0 unspecified atom stereocenters. The molecule has 2 fully saturated rings. The Morgan fingerprint density at radius 3 is 2.56 bits per heavy atom. The number of piperidine rings is 1. The van der Waals surface area contributed by atoms with E-state index < -0.39 is 16.1 Å². The fourth-order valence-electron chi connectivity index (χ4n) is 4.88. The van der Waals surface area contributed by atoms with Crippen LogP contribution in [0.1, 0.15) is 63.9 Å². The summed E-state index contributed by atoms with van der Waals surface area (Å²) < 4.78 is 34.0. The molecule has 4 rings (SSSR count). The maximum atomic E-state index is 13.5. The second-order valence-corrected chi connectivity index (χ2v) is 11.2. The fourth-order valence-corrected chi connectivity index (χ4v) is 6.62. The Morgan fingerprint density at radius 1 is 1.12 bits per heavy atom. The van der Waals surface area contributed by atoms with Crippen LogP contribution in [-0.4, -0.2) is 49.8 Å². The molecule has 1 saturated carbocycles. The summed E-state index contributed by atoms with van der Waals surface area (Å²) >= 11 is 0. The normalized spacial score (nSPS) is 25.2. The maximum Gasteiger partial charge on any atom is 0.265 e. The lowest BCUT2D eigenvalue weighted by atomic mass is 9.97. The molecule has 1 saturated heterocycles. The van der Waals surface area contributed by atoms with E-state index in [2.05, 4.69) is 10.6 Å². The number of nitrogens with one attached hydrogen (secondary N) is 2. The first kappa shape index (κ1) is 23.0. The highest BCUT2D eigenvalue weighted by Gasteiger charge is 2.36. The van der Waals surface area contributed by atoms with Crippen LogP contribution in [0.4, 0.5) is 5.69 Å². The van der Waals surface area contributed by atoms with Crippen LogP contribution in [0.25, 0.3) is 0 Å². The second-order valence-electron chi connectivity index (χ2n) is 9.26. The first-order valence-electron chi connectivity index (χ1n) is 11.7. The van der Waals surface area contributed by atoms with Crippen LogP contribution in [0.3, 0.4) is 0 Å². The van der Waals surface area contributed by atoms with Crippen molar-refractivity contribution in [3.8, 4) is 5.75 Å². The highest BCUT2D eigenvalue weighted by atomic mass is 32.2. The number of hydrogen-bond acceptors (Lipinski definition) is 5. The van der Waals surface area contributed by atoms with Gasteiger partial charge in [0.25, 0.3) is 5.91 Å². The minimum atomic E-state index is -3.80. The van der Waals surface area contributed by atoms with Crippen molar-refractivity contribution in [1.82, 2.24) is 9.62 Å². The molecule has 2 aliphatic heterocycles. The zero-order chi connectivity index (χ0) is 22.9. The largest absolute Gasteiger partial charge is 0.479 e. The van der Waals surface area contributed by atoms with E-state index in [1.54, 1.807) is 19.9 Å². The van der Waals surface area contributed by atoms with Crippen LogP contribution in [0, 0.1) is 12.8 Å². The van der Waals surface area contributed by atoms with Crippen molar-refractivity contribution in [1.29, 1.82) is 0 Å². The van der Waals surface area contributed by atoms with Gasteiger partial charge < -0.3 is 15.4 Å². The Morgan fingerprint density at radius 2 is 1.84 bits per heavy atom. The van der Waals surface area contributed by atoms with Crippen molar-refractivity contribution < 1.29 is 22.7 Å². The predicted octanol–water partition coefficient (Wildman–Crippen LogP) is 2.95. The topological polar surface area (TPSA) is 105 Å².